The third-order valence-electron chi connectivity index (χ3n) is 4.50. The van der Waals surface area contributed by atoms with Gasteiger partial charge < -0.3 is 19.5 Å². The number of imide groups is 1. The molecule has 32 heavy (non-hydrogen) atoms. The average molecular weight is 457 g/mol. The summed E-state index contributed by atoms with van der Waals surface area (Å²) in [5, 5.41) is 2.15. The first-order chi connectivity index (χ1) is 15.5. The summed E-state index contributed by atoms with van der Waals surface area (Å²) in [6.45, 7) is 2.17. The molecule has 0 aromatic heterocycles. The van der Waals surface area contributed by atoms with E-state index in [9.17, 15) is 14.4 Å². The molecule has 0 atom stereocenters. The second kappa shape index (κ2) is 10.7. The van der Waals surface area contributed by atoms with Gasteiger partial charge >= 0.3 is 0 Å². The van der Waals surface area contributed by atoms with E-state index in [-0.39, 0.29) is 4.91 Å². The van der Waals surface area contributed by atoms with Crippen LogP contribution in [-0.4, -0.2) is 49.3 Å². The van der Waals surface area contributed by atoms with Gasteiger partial charge in [0.2, 0.25) is 5.91 Å². The van der Waals surface area contributed by atoms with Gasteiger partial charge in [0.25, 0.3) is 11.1 Å². The van der Waals surface area contributed by atoms with Crippen LogP contribution >= 0.6 is 11.8 Å². The SMILES string of the molecule is CCCOc1ccc(/C=C2\SC(=O)N(CC(=O)Nc3ccccc3OC)C2=O)cc1OC. The lowest BCUT2D eigenvalue weighted by Crippen LogP contribution is -2.36. The second-order valence-electron chi connectivity index (χ2n) is 6.78. The summed E-state index contributed by atoms with van der Waals surface area (Å²) in [5.74, 6) is 0.586. The third kappa shape index (κ3) is 5.42. The fraction of sp³-hybridized carbons (Fsp3) is 0.261. The van der Waals surface area contributed by atoms with Crippen molar-refractivity contribution in [2.75, 3.05) is 32.7 Å². The van der Waals surface area contributed by atoms with Gasteiger partial charge in [-0.3, -0.25) is 19.3 Å². The molecule has 2 aromatic rings. The van der Waals surface area contributed by atoms with E-state index in [4.69, 9.17) is 14.2 Å². The van der Waals surface area contributed by atoms with Crippen LogP contribution in [0, 0.1) is 0 Å². The molecule has 1 fully saturated rings. The third-order valence-corrected chi connectivity index (χ3v) is 5.41. The first-order valence-electron chi connectivity index (χ1n) is 9.96. The van der Waals surface area contributed by atoms with Crippen molar-refractivity contribution in [1.29, 1.82) is 0 Å². The summed E-state index contributed by atoms with van der Waals surface area (Å²) in [6, 6.07) is 12.1. The molecule has 3 amide bonds. The molecule has 168 valence electrons. The van der Waals surface area contributed by atoms with Crippen LogP contribution in [0.5, 0.6) is 17.2 Å². The zero-order valence-electron chi connectivity index (χ0n) is 18.0. The van der Waals surface area contributed by atoms with Gasteiger partial charge in [0.05, 0.1) is 31.4 Å². The maximum absolute atomic E-state index is 12.7. The average Bonchev–Trinajstić information content (AvgIpc) is 3.05. The first kappa shape index (κ1) is 23.2. The highest BCUT2D eigenvalue weighted by Crippen LogP contribution is 2.34. The smallest absolute Gasteiger partial charge is 0.294 e. The van der Waals surface area contributed by atoms with Crippen LogP contribution in [-0.2, 0) is 9.59 Å². The minimum absolute atomic E-state index is 0.226. The van der Waals surface area contributed by atoms with E-state index >= 15 is 0 Å². The zero-order valence-corrected chi connectivity index (χ0v) is 18.9. The maximum atomic E-state index is 12.7. The molecule has 0 bridgehead atoms. The number of hydrogen-bond donors (Lipinski definition) is 1. The Morgan fingerprint density at radius 1 is 1.06 bits per heavy atom. The van der Waals surface area contributed by atoms with Gasteiger partial charge in [-0.25, -0.2) is 0 Å². The quantitative estimate of drug-likeness (QED) is 0.566. The van der Waals surface area contributed by atoms with Crippen LogP contribution in [0.4, 0.5) is 10.5 Å². The fourth-order valence-corrected chi connectivity index (χ4v) is 3.81. The number of hydrogen-bond acceptors (Lipinski definition) is 7. The molecule has 0 aliphatic carbocycles. The molecule has 0 saturated carbocycles. The van der Waals surface area contributed by atoms with Crippen LogP contribution in [0.3, 0.4) is 0 Å². The van der Waals surface area contributed by atoms with Crippen LogP contribution in [0.1, 0.15) is 18.9 Å². The van der Waals surface area contributed by atoms with Gasteiger partial charge in [-0.2, -0.15) is 0 Å². The molecule has 2 aromatic carbocycles. The topological polar surface area (TPSA) is 94.2 Å². The number of ether oxygens (including phenoxy) is 3. The number of para-hydroxylation sites is 2. The zero-order chi connectivity index (χ0) is 23.1. The Morgan fingerprint density at radius 2 is 1.81 bits per heavy atom. The number of thioether (sulfide) groups is 1. The monoisotopic (exact) mass is 456 g/mol. The number of nitrogens with one attached hydrogen (secondary N) is 1. The van der Waals surface area contributed by atoms with Gasteiger partial charge in [0.15, 0.2) is 11.5 Å². The maximum Gasteiger partial charge on any atom is 0.294 e. The molecule has 9 heteroatoms. The van der Waals surface area contributed by atoms with Gasteiger partial charge in [-0.1, -0.05) is 25.1 Å². The molecule has 1 heterocycles. The molecule has 3 rings (SSSR count). The Bertz CT molecular complexity index is 1050. The Labute approximate surface area is 190 Å². The van der Waals surface area contributed by atoms with E-state index in [2.05, 4.69) is 5.32 Å². The molecule has 1 aliphatic heterocycles. The van der Waals surface area contributed by atoms with E-state index in [0.717, 1.165) is 23.1 Å². The van der Waals surface area contributed by atoms with E-state index < -0.39 is 23.6 Å². The summed E-state index contributed by atoms with van der Waals surface area (Å²) in [5.41, 5.74) is 1.13. The van der Waals surface area contributed by atoms with Gasteiger partial charge in [0.1, 0.15) is 12.3 Å². The number of methoxy groups -OCH3 is 2. The first-order valence-corrected chi connectivity index (χ1v) is 10.8. The molecule has 1 aliphatic rings. The number of carbonyl (C=O) groups excluding carboxylic acids is 3. The van der Waals surface area contributed by atoms with E-state index in [1.165, 1.54) is 14.2 Å². The lowest BCUT2D eigenvalue weighted by molar-refractivity contribution is -0.127. The van der Waals surface area contributed by atoms with Crippen LogP contribution in [0.2, 0.25) is 0 Å². The van der Waals surface area contributed by atoms with E-state index in [1.54, 1.807) is 48.5 Å². The lowest BCUT2D eigenvalue weighted by atomic mass is 10.2. The van der Waals surface area contributed by atoms with Crippen molar-refractivity contribution in [3.05, 3.63) is 52.9 Å². The van der Waals surface area contributed by atoms with Crippen LogP contribution in [0.15, 0.2) is 47.4 Å². The number of amides is 3. The molecule has 0 spiro atoms. The Hall–Kier alpha value is -3.46. The van der Waals surface area contributed by atoms with Crippen molar-refractivity contribution >= 4 is 40.6 Å². The predicted molar refractivity (Wildman–Crippen MR) is 123 cm³/mol. The predicted octanol–water partition coefficient (Wildman–Crippen LogP) is 4.17. The Kier molecular flexibility index (Phi) is 7.77. The van der Waals surface area contributed by atoms with Crippen molar-refractivity contribution in [2.45, 2.75) is 13.3 Å². The van der Waals surface area contributed by atoms with Gasteiger partial charge in [-0.15, -0.1) is 0 Å². The number of anilines is 1. The molecule has 0 radical (unpaired) electrons. The largest absolute Gasteiger partial charge is 0.495 e. The summed E-state index contributed by atoms with van der Waals surface area (Å²) >= 11 is 0.786. The van der Waals surface area contributed by atoms with Crippen molar-refractivity contribution in [1.82, 2.24) is 4.90 Å². The summed E-state index contributed by atoms with van der Waals surface area (Å²) in [4.78, 5) is 38.7. The van der Waals surface area contributed by atoms with Crippen molar-refractivity contribution in [3.8, 4) is 17.2 Å². The van der Waals surface area contributed by atoms with Crippen molar-refractivity contribution in [3.63, 3.8) is 0 Å². The van der Waals surface area contributed by atoms with Crippen LogP contribution < -0.4 is 19.5 Å². The minimum atomic E-state index is -0.527. The highest BCUT2D eigenvalue weighted by atomic mass is 32.2. The Morgan fingerprint density at radius 3 is 2.53 bits per heavy atom. The number of benzene rings is 2. The fourth-order valence-electron chi connectivity index (χ4n) is 2.97. The van der Waals surface area contributed by atoms with E-state index in [1.807, 2.05) is 6.92 Å². The molecule has 0 unspecified atom stereocenters. The van der Waals surface area contributed by atoms with Crippen LogP contribution in [0.25, 0.3) is 6.08 Å². The highest BCUT2D eigenvalue weighted by Gasteiger charge is 2.36. The van der Waals surface area contributed by atoms with E-state index in [0.29, 0.717) is 35.1 Å². The van der Waals surface area contributed by atoms with Gasteiger partial charge in [-0.05, 0) is 54.1 Å². The minimum Gasteiger partial charge on any atom is -0.495 e. The Balaban J connectivity index is 1.71. The lowest BCUT2D eigenvalue weighted by Gasteiger charge is -2.14. The van der Waals surface area contributed by atoms with Gasteiger partial charge in [0, 0.05) is 0 Å². The summed E-state index contributed by atoms with van der Waals surface area (Å²) in [6.07, 6.45) is 2.46. The second-order valence-corrected chi connectivity index (χ2v) is 7.77. The normalized spacial score (nSPS) is 14.6. The molecular weight excluding hydrogens is 432 g/mol. The summed E-state index contributed by atoms with van der Waals surface area (Å²) < 4.78 is 16.2. The molecule has 1 N–H and O–H groups in total. The number of rotatable bonds is 9. The molecule has 1 saturated heterocycles. The standard InChI is InChI=1S/C23H24N2O6S/c1-4-11-31-18-10-9-15(12-19(18)30-3)13-20-22(27)25(23(28)32-20)14-21(26)24-16-7-5-6-8-17(16)29-2/h5-10,12-13H,4,11,14H2,1-3H3,(H,24,26)/b20-13-. The molecule has 8 nitrogen and oxygen atoms in total. The number of nitrogens with zero attached hydrogens (tertiary/aromatic N) is 1. The highest BCUT2D eigenvalue weighted by molar-refractivity contribution is 8.18. The number of carbonyl (C=O) groups is 3. The summed E-state index contributed by atoms with van der Waals surface area (Å²) in [7, 11) is 3.02. The van der Waals surface area contributed by atoms with Crippen molar-refractivity contribution < 1.29 is 28.6 Å². The van der Waals surface area contributed by atoms with Crippen molar-refractivity contribution in [2.24, 2.45) is 0 Å². The molecular formula is C23H24N2O6S.